The molecule has 0 aromatic carbocycles. The van der Waals surface area contributed by atoms with Crippen molar-refractivity contribution in [2.24, 2.45) is 10.4 Å². The molecule has 0 radical (unpaired) electrons. The van der Waals surface area contributed by atoms with Gasteiger partial charge in [-0.2, -0.15) is 0 Å². The Bertz CT molecular complexity index is 343. The average Bonchev–Trinajstić information content (AvgIpc) is 2.25. The Morgan fingerprint density at radius 2 is 2.17 bits per heavy atom. The first kappa shape index (κ1) is 8.35. The number of halogens is 1. The fourth-order valence-electron chi connectivity index (χ4n) is 1.47. The maximum atomic E-state index is 4.58. The Morgan fingerprint density at radius 1 is 1.42 bits per heavy atom. The van der Waals surface area contributed by atoms with E-state index in [0.717, 1.165) is 0 Å². The van der Waals surface area contributed by atoms with Crippen LogP contribution in [0.1, 0.15) is 20.8 Å². The standard InChI is InChI=1S/C10H12IN/c1-7-10(2,3)8-4-5-11-6-9(8)12-7/h4-6H,1-3H3. The molecule has 0 aromatic rings. The molecule has 2 heterocycles. The third kappa shape index (κ3) is 1.04. The lowest BCUT2D eigenvalue weighted by atomic mass is 9.81. The van der Waals surface area contributed by atoms with E-state index in [2.05, 4.69) is 39.9 Å². The highest BCUT2D eigenvalue weighted by molar-refractivity contribution is 14.2. The third-order valence-electron chi connectivity index (χ3n) is 2.61. The summed E-state index contributed by atoms with van der Waals surface area (Å²) in [5, 5.41) is 0. The third-order valence-corrected chi connectivity index (χ3v) is 4.34. The predicted molar refractivity (Wildman–Crippen MR) is 63.1 cm³/mol. The Morgan fingerprint density at radius 3 is 2.83 bits per heavy atom. The Hall–Kier alpha value is -0.250. The smallest absolute Gasteiger partial charge is 0.0727 e. The largest absolute Gasteiger partial charge is 0.256 e. The van der Waals surface area contributed by atoms with E-state index >= 15 is 0 Å². The summed E-state index contributed by atoms with van der Waals surface area (Å²) in [7, 11) is 0. The van der Waals surface area contributed by atoms with Gasteiger partial charge in [0.25, 0.3) is 0 Å². The van der Waals surface area contributed by atoms with Crippen molar-refractivity contribution in [1.29, 1.82) is 0 Å². The molecule has 2 aliphatic heterocycles. The van der Waals surface area contributed by atoms with Gasteiger partial charge in [-0.15, -0.1) is 0 Å². The van der Waals surface area contributed by atoms with Crippen LogP contribution in [0.2, 0.25) is 0 Å². The number of allylic oxidation sites excluding steroid dienone is 3. The van der Waals surface area contributed by atoms with Gasteiger partial charge in [-0.1, -0.05) is 40.7 Å². The summed E-state index contributed by atoms with van der Waals surface area (Å²) in [5.74, 6) is 0. The van der Waals surface area contributed by atoms with Gasteiger partial charge in [0.1, 0.15) is 0 Å². The number of rotatable bonds is 0. The number of hydrogen-bond donors (Lipinski definition) is 0. The van der Waals surface area contributed by atoms with E-state index in [1.807, 2.05) is 0 Å². The zero-order valence-electron chi connectivity index (χ0n) is 7.56. The van der Waals surface area contributed by atoms with Crippen LogP contribution in [0.5, 0.6) is 0 Å². The molecule has 0 aromatic heterocycles. The fraction of sp³-hybridized carbons (Fsp3) is 0.400. The maximum absolute atomic E-state index is 4.58. The van der Waals surface area contributed by atoms with E-state index in [9.17, 15) is 0 Å². The van der Waals surface area contributed by atoms with Gasteiger partial charge in [-0.25, -0.2) is 0 Å². The van der Waals surface area contributed by atoms with Crippen LogP contribution in [0, 0.1) is 5.41 Å². The molecule has 2 heteroatoms. The van der Waals surface area contributed by atoms with Crippen LogP contribution < -0.4 is 0 Å². The lowest BCUT2D eigenvalue weighted by Gasteiger charge is -2.21. The average molecular weight is 273 g/mol. The van der Waals surface area contributed by atoms with Gasteiger partial charge in [0.2, 0.25) is 0 Å². The van der Waals surface area contributed by atoms with Crippen molar-refractivity contribution in [3.05, 3.63) is 21.4 Å². The lowest BCUT2D eigenvalue weighted by Crippen LogP contribution is -2.19. The molecule has 0 atom stereocenters. The fourth-order valence-corrected chi connectivity index (χ4v) is 3.06. The molecule has 12 heavy (non-hydrogen) atoms. The van der Waals surface area contributed by atoms with Crippen molar-refractivity contribution in [1.82, 2.24) is 0 Å². The van der Waals surface area contributed by atoms with Crippen LogP contribution in [0.4, 0.5) is 0 Å². The molecule has 0 amide bonds. The van der Waals surface area contributed by atoms with Gasteiger partial charge in [-0.05, 0) is 20.6 Å². The summed E-state index contributed by atoms with van der Waals surface area (Å²) in [4.78, 5) is 4.58. The second-order valence-corrected chi connectivity index (χ2v) is 5.71. The van der Waals surface area contributed by atoms with Crippen LogP contribution in [0.25, 0.3) is 0 Å². The molecular formula is C10H12IN. The predicted octanol–water partition coefficient (Wildman–Crippen LogP) is 3.04. The molecule has 0 spiro atoms. The molecular weight excluding hydrogens is 261 g/mol. The second-order valence-electron chi connectivity index (χ2n) is 3.65. The quantitative estimate of drug-likeness (QED) is 0.601. The summed E-state index contributed by atoms with van der Waals surface area (Å²) in [6, 6.07) is 0. The van der Waals surface area contributed by atoms with Gasteiger partial charge in [-0.3, -0.25) is 4.99 Å². The highest BCUT2D eigenvalue weighted by Gasteiger charge is 2.32. The summed E-state index contributed by atoms with van der Waals surface area (Å²) in [6.07, 6.45) is 2.27. The molecule has 0 aliphatic carbocycles. The summed E-state index contributed by atoms with van der Waals surface area (Å²) >= 11 is 0.149. The van der Waals surface area contributed by atoms with Crippen LogP contribution >= 0.6 is 20.7 Å². The maximum Gasteiger partial charge on any atom is 0.0727 e. The summed E-state index contributed by atoms with van der Waals surface area (Å²) in [5.41, 5.74) is 4.07. The molecule has 1 nitrogen and oxygen atoms in total. The minimum atomic E-state index is 0.149. The van der Waals surface area contributed by atoms with E-state index in [4.69, 9.17) is 0 Å². The zero-order chi connectivity index (χ0) is 8.77. The molecule has 2 rings (SSSR count). The van der Waals surface area contributed by atoms with Gasteiger partial charge in [0, 0.05) is 11.1 Å². The number of nitrogens with zero attached hydrogens (tertiary/aromatic N) is 1. The summed E-state index contributed by atoms with van der Waals surface area (Å²) < 4.78 is 4.63. The monoisotopic (exact) mass is 273 g/mol. The van der Waals surface area contributed by atoms with Gasteiger partial charge >= 0.3 is 0 Å². The highest BCUT2D eigenvalue weighted by atomic mass is 127. The van der Waals surface area contributed by atoms with Gasteiger partial charge in [0.05, 0.1) is 5.70 Å². The van der Waals surface area contributed by atoms with E-state index in [-0.39, 0.29) is 26.1 Å². The van der Waals surface area contributed by atoms with Crippen LogP contribution in [0.3, 0.4) is 0 Å². The van der Waals surface area contributed by atoms with Crippen molar-refractivity contribution in [2.45, 2.75) is 20.8 Å². The van der Waals surface area contributed by atoms with Crippen molar-refractivity contribution < 1.29 is 0 Å². The molecule has 64 valence electrons. The van der Waals surface area contributed by atoms with E-state index in [1.54, 1.807) is 0 Å². The van der Waals surface area contributed by atoms with Crippen LogP contribution in [-0.4, -0.2) is 9.72 Å². The van der Waals surface area contributed by atoms with Crippen molar-refractivity contribution >= 4 is 30.5 Å². The first-order valence-electron chi connectivity index (χ1n) is 4.04. The van der Waals surface area contributed by atoms with E-state index < -0.39 is 0 Å². The normalized spacial score (nSPS) is 25.1. The van der Waals surface area contributed by atoms with Crippen LogP contribution in [0.15, 0.2) is 26.4 Å². The Balaban J connectivity index is 2.56. The van der Waals surface area contributed by atoms with E-state index in [0.29, 0.717) is 0 Å². The Labute approximate surface area is 83.0 Å². The molecule has 0 saturated heterocycles. The SMILES string of the molecule is CC1=NC2=C(C=CI=C2)C1(C)C. The number of aliphatic imine (C=N–C) groups is 1. The van der Waals surface area contributed by atoms with Crippen molar-refractivity contribution in [2.75, 3.05) is 0 Å². The molecule has 2 aliphatic rings. The van der Waals surface area contributed by atoms with Gasteiger partial charge in [0.15, 0.2) is 0 Å². The Kier molecular flexibility index (Phi) is 1.82. The first-order chi connectivity index (χ1) is 5.62. The number of hydrogen-bond acceptors (Lipinski definition) is 1. The topological polar surface area (TPSA) is 12.4 Å². The lowest BCUT2D eigenvalue weighted by molar-refractivity contribution is 0.653. The van der Waals surface area contributed by atoms with Crippen LogP contribution in [-0.2, 0) is 0 Å². The first-order valence-corrected chi connectivity index (χ1v) is 6.54. The molecule has 0 N–H and O–H groups in total. The van der Waals surface area contributed by atoms with Crippen molar-refractivity contribution in [3.63, 3.8) is 0 Å². The zero-order valence-corrected chi connectivity index (χ0v) is 9.71. The van der Waals surface area contributed by atoms with Gasteiger partial charge < -0.3 is 0 Å². The molecule has 0 unspecified atom stereocenters. The molecule has 0 saturated carbocycles. The molecule has 0 bridgehead atoms. The van der Waals surface area contributed by atoms with E-state index in [1.165, 1.54) is 17.0 Å². The minimum Gasteiger partial charge on any atom is -0.256 e. The van der Waals surface area contributed by atoms with Crippen molar-refractivity contribution in [3.8, 4) is 0 Å². The highest BCUT2D eigenvalue weighted by Crippen LogP contribution is 2.39. The minimum absolute atomic E-state index is 0.149. The second kappa shape index (κ2) is 2.62. The molecule has 0 fully saturated rings. The summed E-state index contributed by atoms with van der Waals surface area (Å²) in [6.45, 7) is 6.62.